The van der Waals surface area contributed by atoms with Gasteiger partial charge in [0.2, 0.25) is 0 Å². The van der Waals surface area contributed by atoms with Crippen LogP contribution >= 0.6 is 0 Å². The van der Waals surface area contributed by atoms with Gasteiger partial charge in [-0.1, -0.05) is 12.1 Å². The van der Waals surface area contributed by atoms with Crippen molar-refractivity contribution in [1.82, 2.24) is 19.8 Å². The summed E-state index contributed by atoms with van der Waals surface area (Å²) in [5, 5.41) is 2.70. The van der Waals surface area contributed by atoms with E-state index in [1.807, 2.05) is 32.9 Å². The van der Waals surface area contributed by atoms with Crippen LogP contribution in [0.15, 0.2) is 35.3 Å². The van der Waals surface area contributed by atoms with Crippen molar-refractivity contribution in [3.05, 3.63) is 52.1 Å². The number of hydrogen-bond donors (Lipinski definition) is 2. The van der Waals surface area contributed by atoms with Crippen molar-refractivity contribution >= 4 is 18.0 Å². The summed E-state index contributed by atoms with van der Waals surface area (Å²) in [7, 11) is 0. The van der Waals surface area contributed by atoms with Crippen LogP contribution in [0.1, 0.15) is 59.1 Å². The number of amides is 2. The molecule has 1 heterocycles. The fourth-order valence-electron chi connectivity index (χ4n) is 3.06. The van der Waals surface area contributed by atoms with E-state index in [9.17, 15) is 14.4 Å². The van der Waals surface area contributed by atoms with Crippen molar-refractivity contribution in [2.75, 3.05) is 18.8 Å². The number of aromatic nitrogens is 2. The molecule has 2 rings (SSSR count). The number of aryl methyl sites for hydroxylation is 1. The lowest BCUT2D eigenvalue weighted by atomic mass is 10.2. The Morgan fingerprint density at radius 2 is 1.66 bits per heavy atom. The smallest absolute Gasteiger partial charge is 0.410 e. The zero-order valence-electron chi connectivity index (χ0n) is 21.7. The van der Waals surface area contributed by atoms with Crippen molar-refractivity contribution < 1.29 is 19.1 Å². The Morgan fingerprint density at radius 3 is 2.23 bits per heavy atom. The number of nitrogens with two attached hydrogens (primary N) is 1. The van der Waals surface area contributed by atoms with Gasteiger partial charge in [-0.15, -0.1) is 0 Å². The molecule has 1 aromatic heterocycles. The highest BCUT2D eigenvalue weighted by atomic mass is 16.6. The van der Waals surface area contributed by atoms with Crippen LogP contribution in [0.4, 0.5) is 15.4 Å². The summed E-state index contributed by atoms with van der Waals surface area (Å²) in [6.45, 7) is 13.6. The molecule has 0 bridgehead atoms. The van der Waals surface area contributed by atoms with E-state index in [0.29, 0.717) is 37.3 Å². The number of nitrogen functional groups attached to an aromatic ring is 1. The van der Waals surface area contributed by atoms with Crippen molar-refractivity contribution in [2.45, 2.75) is 72.6 Å². The first-order chi connectivity index (χ1) is 16.1. The molecule has 192 valence electrons. The molecule has 3 N–H and O–H groups in total. The van der Waals surface area contributed by atoms with Gasteiger partial charge in [0.1, 0.15) is 17.0 Å². The van der Waals surface area contributed by atoms with Gasteiger partial charge in [0.25, 0.3) is 0 Å². The first-order valence-electron chi connectivity index (χ1n) is 11.5. The van der Waals surface area contributed by atoms with Gasteiger partial charge < -0.3 is 25.4 Å². The molecule has 35 heavy (non-hydrogen) atoms. The third-order valence-corrected chi connectivity index (χ3v) is 4.66. The Bertz CT molecular complexity index is 1080. The lowest BCUT2D eigenvalue weighted by Gasteiger charge is -2.27. The zero-order valence-corrected chi connectivity index (χ0v) is 21.7. The van der Waals surface area contributed by atoms with Crippen LogP contribution in [-0.4, -0.2) is 50.9 Å². The lowest BCUT2D eigenvalue weighted by molar-refractivity contribution is 0.0231. The van der Waals surface area contributed by atoms with Gasteiger partial charge in [-0.25, -0.2) is 14.4 Å². The molecule has 0 fully saturated rings. The van der Waals surface area contributed by atoms with Crippen LogP contribution in [0, 0.1) is 6.92 Å². The van der Waals surface area contributed by atoms with Crippen LogP contribution < -0.4 is 16.7 Å². The quantitative estimate of drug-likeness (QED) is 0.569. The molecule has 10 nitrogen and oxygen atoms in total. The molecule has 0 aliphatic carbocycles. The lowest BCUT2D eigenvalue weighted by Crippen LogP contribution is -2.38. The van der Waals surface area contributed by atoms with E-state index >= 15 is 0 Å². The molecule has 2 aromatic rings. The molecule has 1 aromatic carbocycles. The molecular weight excluding hydrogens is 450 g/mol. The zero-order chi connectivity index (χ0) is 26.4. The Hall–Kier alpha value is -3.56. The maximum atomic E-state index is 12.8. The second-order valence-corrected chi connectivity index (χ2v) is 10.3. The summed E-state index contributed by atoms with van der Waals surface area (Å²) >= 11 is 0. The molecule has 0 atom stereocenters. The molecule has 0 unspecified atom stereocenters. The second kappa shape index (κ2) is 11.2. The monoisotopic (exact) mass is 487 g/mol. The van der Waals surface area contributed by atoms with Gasteiger partial charge >= 0.3 is 17.9 Å². The topological polar surface area (TPSA) is 129 Å². The van der Waals surface area contributed by atoms with Crippen molar-refractivity contribution in [3.8, 4) is 5.69 Å². The summed E-state index contributed by atoms with van der Waals surface area (Å²) < 4.78 is 12.2. The van der Waals surface area contributed by atoms with Crippen LogP contribution in [0.3, 0.4) is 0 Å². The standard InChI is InChI=1S/C25H37N5O5/c1-17-15-30(21(31)28-20(17)26)19-11-9-18(10-12-19)16-29(23(33)35-25(5,6)7)14-8-13-27-22(32)34-24(2,3)4/h9-12,15H,8,13-14,16H2,1-7H3,(H,27,32)(H2,26,28,31). The summed E-state index contributed by atoms with van der Waals surface area (Å²) in [5.41, 5.74) is 6.21. The highest BCUT2D eigenvalue weighted by Gasteiger charge is 2.22. The van der Waals surface area contributed by atoms with E-state index in [1.165, 1.54) is 4.57 Å². The van der Waals surface area contributed by atoms with E-state index in [4.69, 9.17) is 15.2 Å². The molecule has 0 spiro atoms. The number of anilines is 1. The molecule has 0 radical (unpaired) electrons. The Kier molecular flexibility index (Phi) is 8.89. The van der Waals surface area contributed by atoms with Crippen molar-refractivity contribution in [1.29, 1.82) is 0 Å². The predicted octanol–water partition coefficient (Wildman–Crippen LogP) is 3.78. The summed E-state index contributed by atoms with van der Waals surface area (Å²) in [5.74, 6) is 0.206. The maximum absolute atomic E-state index is 12.8. The molecular formula is C25H37N5O5. The number of carbonyl (C=O) groups is 2. The van der Waals surface area contributed by atoms with Gasteiger partial charge in [0.05, 0.1) is 5.69 Å². The van der Waals surface area contributed by atoms with E-state index in [1.54, 1.807) is 50.9 Å². The summed E-state index contributed by atoms with van der Waals surface area (Å²) in [4.78, 5) is 42.3. The van der Waals surface area contributed by atoms with Crippen LogP contribution in [0.25, 0.3) is 5.69 Å². The first-order valence-corrected chi connectivity index (χ1v) is 11.5. The maximum Gasteiger partial charge on any atom is 0.410 e. The summed E-state index contributed by atoms with van der Waals surface area (Å²) in [6, 6.07) is 7.24. The molecule has 0 aliphatic heterocycles. The number of alkyl carbamates (subject to hydrolysis) is 1. The van der Waals surface area contributed by atoms with Gasteiger partial charge in [-0.05, 0) is 72.6 Å². The third-order valence-electron chi connectivity index (χ3n) is 4.66. The normalized spacial score (nSPS) is 11.6. The minimum Gasteiger partial charge on any atom is -0.444 e. The Balaban J connectivity index is 2.08. The number of rotatable bonds is 7. The fourth-order valence-corrected chi connectivity index (χ4v) is 3.06. The van der Waals surface area contributed by atoms with Crippen LogP contribution in [-0.2, 0) is 16.0 Å². The number of benzene rings is 1. The summed E-state index contributed by atoms with van der Waals surface area (Å²) in [6.07, 6.45) is 1.21. The number of carbonyl (C=O) groups excluding carboxylic acids is 2. The first kappa shape index (κ1) is 27.7. The molecule has 0 saturated heterocycles. The van der Waals surface area contributed by atoms with Gasteiger partial charge in [0, 0.05) is 31.4 Å². The average molecular weight is 488 g/mol. The minimum absolute atomic E-state index is 0.206. The van der Waals surface area contributed by atoms with E-state index in [0.717, 1.165) is 5.56 Å². The molecule has 0 saturated carbocycles. The second-order valence-electron chi connectivity index (χ2n) is 10.3. The van der Waals surface area contributed by atoms with Gasteiger partial charge in [-0.2, -0.15) is 4.98 Å². The van der Waals surface area contributed by atoms with Crippen LogP contribution in [0.2, 0.25) is 0 Å². The Labute approximate surface area is 206 Å². The largest absolute Gasteiger partial charge is 0.444 e. The van der Waals surface area contributed by atoms with Crippen LogP contribution in [0.5, 0.6) is 0 Å². The minimum atomic E-state index is -0.644. The van der Waals surface area contributed by atoms with E-state index in [2.05, 4.69) is 10.3 Å². The SMILES string of the molecule is Cc1cn(-c2ccc(CN(CCCNC(=O)OC(C)(C)C)C(=O)OC(C)(C)C)cc2)c(=O)nc1N. The molecule has 10 heteroatoms. The van der Waals surface area contributed by atoms with Gasteiger partial charge in [-0.3, -0.25) is 4.57 Å². The highest BCUT2D eigenvalue weighted by molar-refractivity contribution is 5.68. The molecule has 2 amide bonds. The Morgan fingerprint density at radius 1 is 1.06 bits per heavy atom. The van der Waals surface area contributed by atoms with Crippen molar-refractivity contribution in [2.24, 2.45) is 0 Å². The number of ether oxygens (including phenoxy) is 2. The number of hydrogen-bond acceptors (Lipinski definition) is 7. The predicted molar refractivity (Wildman–Crippen MR) is 134 cm³/mol. The van der Waals surface area contributed by atoms with E-state index < -0.39 is 29.1 Å². The molecule has 0 aliphatic rings. The average Bonchev–Trinajstić information content (AvgIpc) is 2.71. The fraction of sp³-hybridized carbons (Fsp3) is 0.520. The van der Waals surface area contributed by atoms with Crippen molar-refractivity contribution in [3.63, 3.8) is 0 Å². The number of nitrogens with one attached hydrogen (secondary N) is 1. The van der Waals surface area contributed by atoms with E-state index in [-0.39, 0.29) is 5.82 Å². The van der Waals surface area contributed by atoms with Gasteiger partial charge in [0.15, 0.2) is 0 Å². The highest BCUT2D eigenvalue weighted by Crippen LogP contribution is 2.15. The number of nitrogens with zero attached hydrogens (tertiary/aromatic N) is 3. The third kappa shape index (κ3) is 9.30.